The van der Waals surface area contributed by atoms with Gasteiger partial charge in [0.15, 0.2) is 0 Å². The molecule has 1 aromatic carbocycles. The number of hydrogen-bond donors (Lipinski definition) is 1. The van der Waals surface area contributed by atoms with E-state index in [1.54, 1.807) is 12.4 Å². The van der Waals surface area contributed by atoms with Crippen LogP contribution in [0.25, 0.3) is 0 Å². The third-order valence-electron chi connectivity index (χ3n) is 6.85. The fourth-order valence-corrected chi connectivity index (χ4v) is 5.16. The molecule has 0 saturated carbocycles. The molecule has 3 aliphatic heterocycles. The van der Waals surface area contributed by atoms with E-state index in [0.717, 1.165) is 71.3 Å². The van der Waals surface area contributed by atoms with E-state index in [2.05, 4.69) is 54.2 Å². The van der Waals surface area contributed by atoms with Crippen molar-refractivity contribution in [1.29, 1.82) is 0 Å². The Morgan fingerprint density at radius 2 is 1.88 bits per heavy atom. The molecule has 0 unspecified atom stereocenters. The van der Waals surface area contributed by atoms with Gasteiger partial charge in [-0.15, -0.1) is 0 Å². The lowest BCUT2D eigenvalue weighted by Crippen LogP contribution is -2.61. The zero-order valence-electron chi connectivity index (χ0n) is 18.5. The zero-order chi connectivity index (χ0) is 21.8. The molecule has 2 fully saturated rings. The number of para-hydroxylation sites is 1. The molecule has 5 rings (SSSR count). The van der Waals surface area contributed by atoms with E-state index in [1.165, 1.54) is 11.3 Å². The van der Waals surface area contributed by atoms with E-state index in [0.29, 0.717) is 6.54 Å². The predicted molar refractivity (Wildman–Crippen MR) is 124 cm³/mol. The van der Waals surface area contributed by atoms with Crippen molar-refractivity contribution in [1.82, 2.24) is 20.2 Å². The molecule has 8 heteroatoms. The number of nitrogens with one attached hydrogen (secondary N) is 1. The number of morpholine rings is 1. The lowest BCUT2D eigenvalue weighted by atomic mass is 9.83. The SMILES string of the molecule is O=C(NCCCN1CCOCC1)[C@H]1Cc2ccccc2N2CCN(c3ncccn3)C[C@@H]12. The number of nitrogens with zero attached hydrogens (tertiary/aromatic N) is 5. The van der Waals surface area contributed by atoms with Crippen LogP contribution in [-0.4, -0.2) is 85.8 Å². The lowest BCUT2D eigenvalue weighted by molar-refractivity contribution is -0.125. The van der Waals surface area contributed by atoms with Crippen molar-refractivity contribution in [2.45, 2.75) is 18.9 Å². The predicted octanol–water partition coefficient (Wildman–Crippen LogP) is 1.18. The number of carbonyl (C=O) groups is 1. The Morgan fingerprint density at radius 1 is 1.06 bits per heavy atom. The summed E-state index contributed by atoms with van der Waals surface area (Å²) in [6.07, 6.45) is 5.30. The molecule has 2 aromatic rings. The maximum absolute atomic E-state index is 13.3. The number of aromatic nitrogens is 2. The Kier molecular flexibility index (Phi) is 6.50. The molecule has 170 valence electrons. The molecule has 2 saturated heterocycles. The van der Waals surface area contributed by atoms with Crippen LogP contribution in [0, 0.1) is 5.92 Å². The first-order valence-corrected chi connectivity index (χ1v) is 11.7. The molecular weight excluding hydrogens is 404 g/mol. The molecule has 8 nitrogen and oxygen atoms in total. The van der Waals surface area contributed by atoms with Crippen LogP contribution >= 0.6 is 0 Å². The van der Waals surface area contributed by atoms with Gasteiger partial charge < -0.3 is 19.9 Å². The minimum atomic E-state index is -0.0835. The molecule has 0 bridgehead atoms. The fourth-order valence-electron chi connectivity index (χ4n) is 5.16. The monoisotopic (exact) mass is 436 g/mol. The first kappa shape index (κ1) is 21.2. The molecule has 0 spiro atoms. The number of amides is 1. The fraction of sp³-hybridized carbons (Fsp3) is 0.542. The van der Waals surface area contributed by atoms with Gasteiger partial charge in [0, 0.05) is 57.3 Å². The first-order valence-electron chi connectivity index (χ1n) is 11.7. The van der Waals surface area contributed by atoms with Gasteiger partial charge >= 0.3 is 0 Å². The van der Waals surface area contributed by atoms with Crippen LogP contribution in [0.15, 0.2) is 42.7 Å². The van der Waals surface area contributed by atoms with Gasteiger partial charge in [-0.05, 0) is 37.1 Å². The average Bonchev–Trinajstić information content (AvgIpc) is 2.87. The Labute approximate surface area is 189 Å². The largest absolute Gasteiger partial charge is 0.379 e. The number of ether oxygens (including phenoxy) is 1. The number of anilines is 2. The van der Waals surface area contributed by atoms with E-state index in [-0.39, 0.29) is 17.9 Å². The molecule has 1 N–H and O–H groups in total. The standard InChI is InChI=1S/C24H32N6O2/c31-23(25-9-4-10-28-13-15-32-16-14-28)20-17-19-5-1-2-6-21(19)30-12-11-29(18-22(20)30)24-26-7-3-8-27-24/h1-3,5-8,20,22H,4,9-18H2,(H,25,31)/t20-,22-/m0/s1. The Balaban J connectivity index is 1.26. The minimum Gasteiger partial charge on any atom is -0.379 e. The van der Waals surface area contributed by atoms with E-state index in [4.69, 9.17) is 4.74 Å². The van der Waals surface area contributed by atoms with E-state index >= 15 is 0 Å². The van der Waals surface area contributed by atoms with Gasteiger partial charge in [0.05, 0.1) is 25.2 Å². The summed E-state index contributed by atoms with van der Waals surface area (Å²) in [5.41, 5.74) is 2.53. The number of fused-ring (bicyclic) bond motifs is 3. The first-order chi connectivity index (χ1) is 15.8. The van der Waals surface area contributed by atoms with Crippen LogP contribution in [0.5, 0.6) is 0 Å². The van der Waals surface area contributed by atoms with Crippen molar-refractivity contribution >= 4 is 17.5 Å². The molecule has 0 aliphatic carbocycles. The smallest absolute Gasteiger partial charge is 0.225 e. The zero-order valence-corrected chi connectivity index (χ0v) is 18.5. The maximum atomic E-state index is 13.3. The second-order valence-electron chi connectivity index (χ2n) is 8.79. The number of carbonyl (C=O) groups excluding carboxylic acids is 1. The highest BCUT2D eigenvalue weighted by Crippen LogP contribution is 2.36. The summed E-state index contributed by atoms with van der Waals surface area (Å²) in [6.45, 7) is 7.79. The van der Waals surface area contributed by atoms with Crippen LogP contribution in [0.3, 0.4) is 0 Å². The van der Waals surface area contributed by atoms with Gasteiger partial charge in [0.1, 0.15) is 0 Å². The van der Waals surface area contributed by atoms with Crippen LogP contribution in [0.1, 0.15) is 12.0 Å². The summed E-state index contributed by atoms with van der Waals surface area (Å²) in [7, 11) is 0. The van der Waals surface area contributed by atoms with Crippen molar-refractivity contribution in [2.24, 2.45) is 5.92 Å². The summed E-state index contributed by atoms with van der Waals surface area (Å²) in [5, 5.41) is 3.24. The van der Waals surface area contributed by atoms with Gasteiger partial charge in [-0.25, -0.2) is 9.97 Å². The molecule has 4 heterocycles. The Bertz CT molecular complexity index is 904. The Morgan fingerprint density at radius 3 is 2.72 bits per heavy atom. The molecule has 1 amide bonds. The highest BCUT2D eigenvalue weighted by atomic mass is 16.5. The highest BCUT2D eigenvalue weighted by molar-refractivity contribution is 5.82. The van der Waals surface area contributed by atoms with Gasteiger partial charge in [-0.3, -0.25) is 9.69 Å². The quantitative estimate of drug-likeness (QED) is 0.682. The van der Waals surface area contributed by atoms with Gasteiger partial charge in [-0.1, -0.05) is 18.2 Å². The van der Waals surface area contributed by atoms with Gasteiger partial charge in [0.25, 0.3) is 0 Å². The molecule has 2 atom stereocenters. The van der Waals surface area contributed by atoms with E-state index in [1.807, 2.05) is 6.07 Å². The van der Waals surface area contributed by atoms with Crippen molar-refractivity contribution in [3.8, 4) is 0 Å². The van der Waals surface area contributed by atoms with Crippen molar-refractivity contribution in [3.63, 3.8) is 0 Å². The molecular formula is C24H32N6O2. The number of benzene rings is 1. The lowest BCUT2D eigenvalue weighted by Gasteiger charge is -2.49. The van der Waals surface area contributed by atoms with E-state index in [9.17, 15) is 4.79 Å². The Hall–Kier alpha value is -2.71. The van der Waals surface area contributed by atoms with Crippen LogP contribution in [0.2, 0.25) is 0 Å². The van der Waals surface area contributed by atoms with Crippen LogP contribution < -0.4 is 15.1 Å². The van der Waals surface area contributed by atoms with Crippen molar-refractivity contribution < 1.29 is 9.53 Å². The summed E-state index contributed by atoms with van der Waals surface area (Å²) in [4.78, 5) is 29.3. The van der Waals surface area contributed by atoms with Crippen LogP contribution in [-0.2, 0) is 16.0 Å². The second-order valence-corrected chi connectivity index (χ2v) is 8.79. The number of piperazine rings is 1. The van der Waals surface area contributed by atoms with Crippen LogP contribution in [0.4, 0.5) is 11.6 Å². The molecule has 0 radical (unpaired) electrons. The average molecular weight is 437 g/mol. The molecule has 1 aromatic heterocycles. The molecule has 32 heavy (non-hydrogen) atoms. The highest BCUT2D eigenvalue weighted by Gasteiger charge is 2.41. The number of rotatable bonds is 6. The van der Waals surface area contributed by atoms with Crippen molar-refractivity contribution in [2.75, 3.05) is 68.8 Å². The third kappa shape index (κ3) is 4.56. The van der Waals surface area contributed by atoms with E-state index < -0.39 is 0 Å². The minimum absolute atomic E-state index is 0.0835. The molecule has 3 aliphatic rings. The summed E-state index contributed by atoms with van der Waals surface area (Å²) < 4.78 is 5.41. The summed E-state index contributed by atoms with van der Waals surface area (Å²) in [6, 6.07) is 10.5. The summed E-state index contributed by atoms with van der Waals surface area (Å²) >= 11 is 0. The number of hydrogen-bond acceptors (Lipinski definition) is 7. The van der Waals surface area contributed by atoms with Gasteiger partial charge in [0.2, 0.25) is 11.9 Å². The maximum Gasteiger partial charge on any atom is 0.225 e. The second kappa shape index (κ2) is 9.83. The normalized spacial score (nSPS) is 23.4. The third-order valence-corrected chi connectivity index (χ3v) is 6.85. The summed E-state index contributed by atoms with van der Waals surface area (Å²) in [5.74, 6) is 0.822. The van der Waals surface area contributed by atoms with Gasteiger partial charge in [-0.2, -0.15) is 0 Å². The topological polar surface area (TPSA) is 73.8 Å². The van der Waals surface area contributed by atoms with Crippen molar-refractivity contribution in [3.05, 3.63) is 48.3 Å².